The van der Waals surface area contributed by atoms with Gasteiger partial charge in [-0.05, 0) is 0 Å². The maximum atomic E-state index is 12.4. The van der Waals surface area contributed by atoms with Crippen LogP contribution in [0.15, 0.2) is 0 Å². The van der Waals surface area contributed by atoms with Crippen LogP contribution >= 0.6 is 0 Å². The second kappa shape index (κ2) is 13.3. The van der Waals surface area contributed by atoms with E-state index in [0.717, 1.165) is 20.8 Å². The molecule has 0 heterocycles. The SMILES string of the molecule is Cc1[c-]c(F)c(F)c(F)c1F.Cc1[c-]c(F)c(F)c(F)c1F.Cc1[c-]c(F)c(F)c(F)c1F.[Sm+3]. The predicted molar refractivity (Wildman–Crippen MR) is 89.5 cm³/mol. The molecular weight excluding hydrogens is 631 g/mol. The van der Waals surface area contributed by atoms with Crippen molar-refractivity contribution in [2.75, 3.05) is 0 Å². The fourth-order valence-electron chi connectivity index (χ4n) is 1.90. The molecule has 3 rings (SSSR count). The molecule has 0 saturated heterocycles. The van der Waals surface area contributed by atoms with E-state index >= 15 is 0 Å². The topological polar surface area (TPSA) is 0 Å². The molecule has 34 heavy (non-hydrogen) atoms. The Labute approximate surface area is 217 Å². The van der Waals surface area contributed by atoms with Gasteiger partial charge in [-0.1, -0.05) is 20.8 Å². The van der Waals surface area contributed by atoms with Gasteiger partial charge < -0.3 is 0 Å². The van der Waals surface area contributed by atoms with Crippen LogP contribution in [0, 0.1) is 149 Å². The first-order chi connectivity index (χ1) is 15.1. The predicted octanol–water partition coefficient (Wildman–Crippen LogP) is 7.05. The van der Waals surface area contributed by atoms with Crippen molar-refractivity contribution in [2.24, 2.45) is 0 Å². The number of aryl methyl sites for hydroxylation is 3. The molecule has 183 valence electrons. The minimum Gasteiger partial charge on any atom is -0.281 e. The summed E-state index contributed by atoms with van der Waals surface area (Å²) in [6, 6.07) is 5.07. The van der Waals surface area contributed by atoms with E-state index in [1.54, 1.807) is 18.2 Å². The Morgan fingerprint density at radius 3 is 0.676 bits per heavy atom. The zero-order valence-electron chi connectivity index (χ0n) is 16.9. The second-order valence-corrected chi connectivity index (χ2v) is 6.02. The van der Waals surface area contributed by atoms with Gasteiger partial charge in [0.1, 0.15) is 0 Å². The Morgan fingerprint density at radius 2 is 0.500 bits per heavy atom. The molecule has 3 aromatic rings. The average molecular weight is 640 g/mol. The molecule has 1 radical (unpaired) electrons. The van der Waals surface area contributed by atoms with Crippen LogP contribution < -0.4 is 0 Å². The Morgan fingerprint density at radius 1 is 0.324 bits per heavy atom. The van der Waals surface area contributed by atoms with Crippen LogP contribution in [0.1, 0.15) is 16.7 Å². The van der Waals surface area contributed by atoms with E-state index in [2.05, 4.69) is 0 Å². The van der Waals surface area contributed by atoms with Gasteiger partial charge in [0.15, 0.2) is 0 Å². The van der Waals surface area contributed by atoms with Gasteiger partial charge in [-0.25, -0.2) is 26.3 Å². The molecule has 13 heteroatoms. The normalized spacial score (nSPS) is 9.97. The molecule has 0 N–H and O–H groups in total. The van der Waals surface area contributed by atoms with Crippen molar-refractivity contribution in [2.45, 2.75) is 20.8 Å². The zero-order valence-corrected chi connectivity index (χ0v) is 19.6. The van der Waals surface area contributed by atoms with Gasteiger partial charge in [-0.2, -0.15) is 0 Å². The largest absolute Gasteiger partial charge is 3.00 e. The summed E-state index contributed by atoms with van der Waals surface area (Å²) in [5.41, 5.74) is -1.12. The fraction of sp³-hybridized carbons (Fsp3) is 0.143. The van der Waals surface area contributed by atoms with E-state index < -0.39 is 69.8 Å². The molecule has 0 nitrogen and oxygen atoms in total. The summed E-state index contributed by atoms with van der Waals surface area (Å²) >= 11 is 0. The summed E-state index contributed by atoms with van der Waals surface area (Å²) < 4.78 is 147. The molecule has 0 saturated carbocycles. The second-order valence-electron chi connectivity index (χ2n) is 6.02. The first kappa shape index (κ1) is 32.2. The number of hydrogen-bond donors (Lipinski definition) is 0. The molecule has 0 aromatic heterocycles. The van der Waals surface area contributed by atoms with Crippen LogP contribution in [0.25, 0.3) is 0 Å². The average Bonchev–Trinajstić information content (AvgIpc) is 2.77. The van der Waals surface area contributed by atoms with E-state index in [0.29, 0.717) is 0 Å². The van der Waals surface area contributed by atoms with Crippen LogP contribution in [-0.4, -0.2) is 0 Å². The van der Waals surface area contributed by atoms with Gasteiger partial charge in [-0.15, -0.1) is 34.9 Å². The minimum absolute atomic E-state index is 0. The van der Waals surface area contributed by atoms with Crippen LogP contribution in [-0.2, 0) is 0 Å². The van der Waals surface area contributed by atoms with Gasteiger partial charge in [0.25, 0.3) is 0 Å². The Bertz CT molecular complexity index is 953. The van der Waals surface area contributed by atoms with Gasteiger partial charge >= 0.3 is 40.4 Å². The summed E-state index contributed by atoms with van der Waals surface area (Å²) in [5.74, 6) is -19.5. The standard InChI is InChI=1S/3C7H3F4.Sm/c3*1-3-2-4(8)6(10)7(11)5(3)9;/h3*1H3;/q3*-1;+3. The number of benzene rings is 3. The summed E-state index contributed by atoms with van der Waals surface area (Å²) in [7, 11) is 0. The van der Waals surface area contributed by atoms with E-state index in [1.165, 1.54) is 0 Å². The number of hydrogen-bond acceptors (Lipinski definition) is 0. The molecule has 0 fully saturated rings. The van der Waals surface area contributed by atoms with Crippen molar-refractivity contribution in [3.05, 3.63) is 105 Å². The third-order valence-corrected chi connectivity index (χ3v) is 3.61. The molecular formula is C21H9F12Sm. The van der Waals surface area contributed by atoms with Crippen molar-refractivity contribution in [1.82, 2.24) is 0 Å². The smallest absolute Gasteiger partial charge is 0.281 e. The fourth-order valence-corrected chi connectivity index (χ4v) is 1.90. The molecule has 0 aliphatic heterocycles. The molecule has 0 aliphatic carbocycles. The van der Waals surface area contributed by atoms with Crippen molar-refractivity contribution in [3.8, 4) is 0 Å². The summed E-state index contributed by atoms with van der Waals surface area (Å²) in [6.07, 6.45) is 0. The van der Waals surface area contributed by atoms with E-state index in [9.17, 15) is 52.7 Å². The summed E-state index contributed by atoms with van der Waals surface area (Å²) in [4.78, 5) is 0. The summed E-state index contributed by atoms with van der Waals surface area (Å²) in [5, 5.41) is 0. The molecule has 0 atom stereocenters. The van der Waals surface area contributed by atoms with Gasteiger partial charge in [-0.3, -0.25) is 26.3 Å². The monoisotopic (exact) mass is 641 g/mol. The Balaban J connectivity index is 0.000000473. The molecule has 0 amide bonds. The van der Waals surface area contributed by atoms with Crippen LogP contribution in [0.2, 0.25) is 0 Å². The van der Waals surface area contributed by atoms with Crippen molar-refractivity contribution >= 4 is 0 Å². The third kappa shape index (κ3) is 7.58. The van der Waals surface area contributed by atoms with E-state index in [4.69, 9.17) is 0 Å². The molecule has 0 aliphatic rings. The third-order valence-electron chi connectivity index (χ3n) is 3.61. The molecule has 0 bridgehead atoms. The van der Waals surface area contributed by atoms with Crippen LogP contribution in [0.5, 0.6) is 0 Å². The number of halogens is 12. The maximum absolute atomic E-state index is 12.4. The van der Waals surface area contributed by atoms with Gasteiger partial charge in [0.2, 0.25) is 0 Å². The molecule has 3 aromatic carbocycles. The number of rotatable bonds is 0. The first-order valence-electron chi connectivity index (χ1n) is 8.27. The Kier molecular flexibility index (Phi) is 12.6. The minimum atomic E-state index is -1.83. The van der Waals surface area contributed by atoms with Crippen molar-refractivity contribution in [3.63, 3.8) is 0 Å². The zero-order chi connectivity index (χ0) is 25.8. The molecule has 0 spiro atoms. The quantitative estimate of drug-likeness (QED) is 0.107. The van der Waals surface area contributed by atoms with Gasteiger partial charge in [0, 0.05) is 34.9 Å². The maximum Gasteiger partial charge on any atom is 3.00 e. The first-order valence-corrected chi connectivity index (χ1v) is 8.27. The van der Waals surface area contributed by atoms with Crippen molar-refractivity contribution in [1.29, 1.82) is 0 Å². The summed E-state index contributed by atoms with van der Waals surface area (Å²) in [6.45, 7) is 3.29. The van der Waals surface area contributed by atoms with Crippen molar-refractivity contribution < 1.29 is 93.1 Å². The van der Waals surface area contributed by atoms with Gasteiger partial charge in [0.05, 0.1) is 34.9 Å². The molecule has 0 unspecified atom stereocenters. The van der Waals surface area contributed by atoms with E-state index in [-0.39, 0.29) is 57.1 Å². The Hall–Kier alpha value is -1.84. The van der Waals surface area contributed by atoms with E-state index in [1.807, 2.05) is 0 Å². The van der Waals surface area contributed by atoms with Crippen LogP contribution in [0.3, 0.4) is 0 Å². The van der Waals surface area contributed by atoms with Crippen LogP contribution in [0.4, 0.5) is 52.7 Å².